The average molecular weight is 283 g/mol. The highest BCUT2D eigenvalue weighted by molar-refractivity contribution is 6.30. The maximum Gasteiger partial charge on any atom is 0.224 e. The number of amides is 1. The number of nitrogens with two attached hydrogens (primary N) is 1. The maximum atomic E-state index is 11.9. The van der Waals surface area contributed by atoms with Crippen molar-refractivity contribution in [3.8, 4) is 0 Å². The third-order valence-electron chi connectivity index (χ3n) is 3.04. The van der Waals surface area contributed by atoms with E-state index < -0.39 is 0 Å². The molecule has 1 amide bonds. The van der Waals surface area contributed by atoms with Gasteiger partial charge in [0.2, 0.25) is 5.91 Å². The number of hydrogen-bond donors (Lipinski definition) is 2. The van der Waals surface area contributed by atoms with Crippen LogP contribution in [0.15, 0.2) is 24.3 Å². The van der Waals surface area contributed by atoms with E-state index in [1.54, 1.807) is 0 Å². The minimum absolute atomic E-state index is 0.0603. The summed E-state index contributed by atoms with van der Waals surface area (Å²) in [6, 6.07) is 7.67. The van der Waals surface area contributed by atoms with E-state index in [2.05, 4.69) is 19.2 Å². The Labute approximate surface area is 120 Å². The number of hydrogen-bond acceptors (Lipinski definition) is 2. The Morgan fingerprint density at radius 3 is 2.47 bits per heavy atom. The zero-order valence-corrected chi connectivity index (χ0v) is 12.4. The van der Waals surface area contributed by atoms with Gasteiger partial charge in [-0.3, -0.25) is 4.79 Å². The average Bonchev–Trinajstić information content (AvgIpc) is 2.38. The Kier molecular flexibility index (Phi) is 6.89. The van der Waals surface area contributed by atoms with Gasteiger partial charge in [-0.25, -0.2) is 0 Å². The van der Waals surface area contributed by atoms with Crippen molar-refractivity contribution in [1.82, 2.24) is 5.32 Å². The van der Waals surface area contributed by atoms with Crippen molar-refractivity contribution in [1.29, 1.82) is 0 Å². The zero-order chi connectivity index (χ0) is 14.3. The van der Waals surface area contributed by atoms with Crippen LogP contribution in [0.4, 0.5) is 0 Å². The lowest BCUT2D eigenvalue weighted by Crippen LogP contribution is -2.36. The summed E-state index contributed by atoms with van der Waals surface area (Å²) in [5.41, 5.74) is 6.81. The van der Waals surface area contributed by atoms with Gasteiger partial charge in [0.05, 0.1) is 5.92 Å². The molecule has 0 aliphatic heterocycles. The molecule has 1 aromatic rings. The first kappa shape index (κ1) is 16.0. The summed E-state index contributed by atoms with van der Waals surface area (Å²) in [6.07, 6.45) is 1.64. The molecule has 4 heteroatoms. The summed E-state index contributed by atoms with van der Waals surface area (Å²) < 4.78 is 0. The van der Waals surface area contributed by atoms with Crippen LogP contribution in [0.5, 0.6) is 0 Å². The van der Waals surface area contributed by atoms with Gasteiger partial charge < -0.3 is 11.1 Å². The minimum atomic E-state index is -0.0785. The number of carbonyl (C=O) groups is 1. The predicted octanol–water partition coefficient (Wildman–Crippen LogP) is 2.62. The maximum absolute atomic E-state index is 11.9. The van der Waals surface area contributed by atoms with E-state index in [0.29, 0.717) is 19.0 Å². The van der Waals surface area contributed by atoms with Gasteiger partial charge in [-0.1, -0.05) is 37.6 Å². The molecule has 0 heterocycles. The second kappa shape index (κ2) is 8.18. The molecule has 0 fully saturated rings. The van der Waals surface area contributed by atoms with Crippen molar-refractivity contribution in [2.75, 3.05) is 13.1 Å². The molecular weight excluding hydrogens is 260 g/mol. The number of halogens is 1. The molecule has 0 spiro atoms. The standard InChI is InChI=1S/C15H23ClN2O/c1-11(2)9-13(10-17)15(19)18-8-7-12-3-5-14(16)6-4-12/h3-6,11,13H,7-10,17H2,1-2H3,(H,18,19). The van der Waals surface area contributed by atoms with Gasteiger partial charge in [0.15, 0.2) is 0 Å². The fourth-order valence-corrected chi connectivity index (χ4v) is 2.13. The van der Waals surface area contributed by atoms with Crippen molar-refractivity contribution in [3.63, 3.8) is 0 Å². The molecule has 0 radical (unpaired) electrons. The van der Waals surface area contributed by atoms with Crippen LogP contribution in [-0.4, -0.2) is 19.0 Å². The summed E-state index contributed by atoms with van der Waals surface area (Å²) in [5.74, 6) is 0.464. The highest BCUT2D eigenvalue weighted by Crippen LogP contribution is 2.11. The lowest BCUT2D eigenvalue weighted by atomic mass is 9.96. The summed E-state index contributed by atoms with van der Waals surface area (Å²) in [4.78, 5) is 11.9. The Morgan fingerprint density at radius 2 is 1.95 bits per heavy atom. The molecule has 0 saturated heterocycles. The van der Waals surface area contributed by atoms with Crippen LogP contribution in [0, 0.1) is 11.8 Å². The van der Waals surface area contributed by atoms with E-state index in [-0.39, 0.29) is 11.8 Å². The Balaban J connectivity index is 2.35. The summed E-state index contributed by atoms with van der Waals surface area (Å²) >= 11 is 5.82. The molecule has 1 rings (SSSR count). The molecular formula is C15H23ClN2O. The SMILES string of the molecule is CC(C)CC(CN)C(=O)NCCc1ccc(Cl)cc1. The number of nitrogens with one attached hydrogen (secondary N) is 1. The molecule has 1 atom stereocenters. The van der Waals surface area contributed by atoms with Gasteiger partial charge in [0.1, 0.15) is 0 Å². The minimum Gasteiger partial charge on any atom is -0.355 e. The molecule has 0 saturated carbocycles. The van der Waals surface area contributed by atoms with Gasteiger partial charge in [-0.15, -0.1) is 0 Å². The van der Waals surface area contributed by atoms with Crippen molar-refractivity contribution in [3.05, 3.63) is 34.9 Å². The zero-order valence-electron chi connectivity index (χ0n) is 11.7. The summed E-state index contributed by atoms with van der Waals surface area (Å²) in [6.45, 7) is 5.24. The molecule has 0 aliphatic rings. The number of carbonyl (C=O) groups excluding carboxylic acids is 1. The fourth-order valence-electron chi connectivity index (χ4n) is 2.00. The fraction of sp³-hybridized carbons (Fsp3) is 0.533. The monoisotopic (exact) mass is 282 g/mol. The van der Waals surface area contributed by atoms with Gasteiger partial charge in [-0.05, 0) is 36.5 Å². The van der Waals surface area contributed by atoms with Gasteiger partial charge in [-0.2, -0.15) is 0 Å². The van der Waals surface area contributed by atoms with Crippen molar-refractivity contribution in [2.24, 2.45) is 17.6 Å². The van der Waals surface area contributed by atoms with E-state index >= 15 is 0 Å². The Morgan fingerprint density at radius 1 is 1.32 bits per heavy atom. The van der Waals surface area contributed by atoms with Crippen LogP contribution in [0.25, 0.3) is 0 Å². The first-order valence-electron chi connectivity index (χ1n) is 6.75. The first-order chi connectivity index (χ1) is 9.02. The van der Waals surface area contributed by atoms with Crippen LogP contribution in [0.3, 0.4) is 0 Å². The predicted molar refractivity (Wildman–Crippen MR) is 80.2 cm³/mol. The lowest BCUT2D eigenvalue weighted by molar-refractivity contribution is -0.125. The van der Waals surface area contributed by atoms with Crippen LogP contribution < -0.4 is 11.1 Å². The topological polar surface area (TPSA) is 55.1 Å². The van der Waals surface area contributed by atoms with E-state index in [0.717, 1.165) is 23.4 Å². The molecule has 0 aliphatic carbocycles. The van der Waals surface area contributed by atoms with Crippen LogP contribution in [-0.2, 0) is 11.2 Å². The molecule has 106 valence electrons. The number of benzene rings is 1. The highest BCUT2D eigenvalue weighted by Gasteiger charge is 2.17. The van der Waals surface area contributed by atoms with Crippen molar-refractivity contribution in [2.45, 2.75) is 26.7 Å². The van der Waals surface area contributed by atoms with E-state index in [9.17, 15) is 4.79 Å². The second-order valence-electron chi connectivity index (χ2n) is 5.23. The third-order valence-corrected chi connectivity index (χ3v) is 3.29. The van der Waals surface area contributed by atoms with E-state index in [1.165, 1.54) is 0 Å². The van der Waals surface area contributed by atoms with Crippen LogP contribution in [0.1, 0.15) is 25.8 Å². The normalized spacial score (nSPS) is 12.5. The van der Waals surface area contributed by atoms with Gasteiger partial charge in [0, 0.05) is 18.1 Å². The van der Waals surface area contributed by atoms with Crippen LogP contribution >= 0.6 is 11.6 Å². The third kappa shape index (κ3) is 6.08. The van der Waals surface area contributed by atoms with Gasteiger partial charge >= 0.3 is 0 Å². The highest BCUT2D eigenvalue weighted by atomic mass is 35.5. The molecule has 0 bridgehead atoms. The Bertz CT molecular complexity index is 390. The Hall–Kier alpha value is -1.06. The lowest BCUT2D eigenvalue weighted by Gasteiger charge is -2.16. The van der Waals surface area contributed by atoms with Crippen molar-refractivity contribution < 1.29 is 4.79 Å². The smallest absolute Gasteiger partial charge is 0.224 e. The second-order valence-corrected chi connectivity index (χ2v) is 5.67. The van der Waals surface area contributed by atoms with Gasteiger partial charge in [0.25, 0.3) is 0 Å². The van der Waals surface area contributed by atoms with E-state index in [1.807, 2.05) is 24.3 Å². The number of rotatable bonds is 7. The molecule has 0 aromatic heterocycles. The molecule has 19 heavy (non-hydrogen) atoms. The molecule has 3 N–H and O–H groups in total. The largest absolute Gasteiger partial charge is 0.355 e. The first-order valence-corrected chi connectivity index (χ1v) is 7.13. The molecule has 1 aromatic carbocycles. The molecule has 3 nitrogen and oxygen atoms in total. The van der Waals surface area contributed by atoms with Crippen LogP contribution in [0.2, 0.25) is 5.02 Å². The molecule has 1 unspecified atom stereocenters. The quantitative estimate of drug-likeness (QED) is 0.808. The van der Waals surface area contributed by atoms with Crippen molar-refractivity contribution >= 4 is 17.5 Å². The summed E-state index contributed by atoms with van der Waals surface area (Å²) in [7, 11) is 0. The van der Waals surface area contributed by atoms with E-state index in [4.69, 9.17) is 17.3 Å². The summed E-state index contributed by atoms with van der Waals surface area (Å²) in [5, 5.41) is 3.68.